The Kier molecular flexibility index (Phi) is 3.70. The summed E-state index contributed by atoms with van der Waals surface area (Å²) in [4.78, 5) is 31.2. The molecule has 0 radical (unpaired) electrons. The molecule has 3 aromatic rings. The molecule has 1 atom stereocenters. The fourth-order valence-corrected chi connectivity index (χ4v) is 2.37. The maximum atomic E-state index is 12.5. The number of H-pyrrole nitrogens is 1. The second-order valence-corrected chi connectivity index (χ2v) is 5.04. The summed E-state index contributed by atoms with van der Waals surface area (Å²) >= 11 is 0. The van der Waals surface area contributed by atoms with Gasteiger partial charge in [-0.15, -0.1) is 0 Å². The van der Waals surface area contributed by atoms with Crippen LogP contribution in [0.4, 0.5) is 0 Å². The van der Waals surface area contributed by atoms with Gasteiger partial charge in [0.2, 0.25) is 5.56 Å². The van der Waals surface area contributed by atoms with E-state index >= 15 is 0 Å². The van der Waals surface area contributed by atoms with Gasteiger partial charge in [-0.25, -0.2) is 0 Å². The highest BCUT2D eigenvalue weighted by molar-refractivity contribution is 6.06. The van der Waals surface area contributed by atoms with Gasteiger partial charge in [0.1, 0.15) is 0 Å². The fraction of sp³-hybridized carbons (Fsp3) is 0.118. The third-order valence-electron chi connectivity index (χ3n) is 3.47. The van der Waals surface area contributed by atoms with Crippen LogP contribution in [0.5, 0.6) is 0 Å². The number of fused-ring (bicyclic) bond motifs is 1. The largest absolute Gasteiger partial charge is 0.344 e. The zero-order valence-corrected chi connectivity index (χ0v) is 12.0. The summed E-state index contributed by atoms with van der Waals surface area (Å²) in [5.41, 5.74) is 1.48. The van der Waals surface area contributed by atoms with Gasteiger partial charge in [-0.3, -0.25) is 14.6 Å². The number of carbonyl (C=O) groups excluding carboxylic acids is 1. The molecule has 22 heavy (non-hydrogen) atoms. The average Bonchev–Trinajstić information content (AvgIpc) is 2.54. The number of nitrogens with zero attached hydrogens (tertiary/aromatic N) is 1. The Balaban J connectivity index is 1.94. The lowest BCUT2D eigenvalue weighted by Gasteiger charge is -2.14. The van der Waals surface area contributed by atoms with E-state index in [9.17, 15) is 9.59 Å². The molecule has 0 saturated carbocycles. The van der Waals surface area contributed by atoms with Gasteiger partial charge < -0.3 is 10.3 Å². The van der Waals surface area contributed by atoms with E-state index in [0.29, 0.717) is 16.5 Å². The molecule has 0 aliphatic carbocycles. The Bertz CT molecular complexity index is 872. The number of carbonyl (C=O) groups is 1. The monoisotopic (exact) mass is 293 g/mol. The number of benzene rings is 1. The quantitative estimate of drug-likeness (QED) is 0.778. The summed E-state index contributed by atoms with van der Waals surface area (Å²) in [6, 6.07) is 13.9. The van der Waals surface area contributed by atoms with Gasteiger partial charge in [0.05, 0.1) is 17.3 Å². The molecule has 0 aliphatic heterocycles. The first-order chi connectivity index (χ1) is 10.6. The van der Waals surface area contributed by atoms with Crippen molar-refractivity contribution >= 4 is 16.8 Å². The van der Waals surface area contributed by atoms with E-state index in [4.69, 9.17) is 0 Å². The second-order valence-electron chi connectivity index (χ2n) is 5.04. The Morgan fingerprint density at radius 2 is 1.95 bits per heavy atom. The highest BCUT2D eigenvalue weighted by Crippen LogP contribution is 2.16. The zero-order chi connectivity index (χ0) is 15.5. The van der Waals surface area contributed by atoms with Gasteiger partial charge in [0.15, 0.2) is 0 Å². The first kappa shape index (κ1) is 14.0. The summed E-state index contributed by atoms with van der Waals surface area (Å²) in [7, 11) is 0. The van der Waals surface area contributed by atoms with Gasteiger partial charge in [0, 0.05) is 23.2 Å². The maximum Gasteiger partial charge on any atom is 0.252 e. The number of rotatable bonds is 3. The van der Waals surface area contributed by atoms with Crippen molar-refractivity contribution in [2.75, 3.05) is 0 Å². The van der Waals surface area contributed by atoms with Gasteiger partial charge in [0.25, 0.3) is 5.91 Å². The van der Waals surface area contributed by atoms with Crippen molar-refractivity contribution in [1.29, 1.82) is 0 Å². The van der Waals surface area contributed by atoms with Crippen LogP contribution in [0.15, 0.2) is 59.5 Å². The fourth-order valence-electron chi connectivity index (χ4n) is 2.37. The predicted octanol–water partition coefficient (Wildman–Crippen LogP) is 2.41. The maximum absolute atomic E-state index is 12.5. The minimum atomic E-state index is -0.297. The van der Waals surface area contributed by atoms with E-state index in [0.717, 1.165) is 5.69 Å². The molecule has 0 unspecified atom stereocenters. The molecule has 1 amide bonds. The molecule has 0 fully saturated rings. The molecule has 5 nitrogen and oxygen atoms in total. The highest BCUT2D eigenvalue weighted by Gasteiger charge is 2.15. The number of pyridine rings is 2. The van der Waals surface area contributed by atoms with Crippen molar-refractivity contribution < 1.29 is 4.79 Å². The minimum absolute atomic E-state index is 0.244. The number of hydrogen-bond donors (Lipinski definition) is 2. The summed E-state index contributed by atoms with van der Waals surface area (Å²) in [5.74, 6) is -0.291. The van der Waals surface area contributed by atoms with E-state index in [1.807, 2.05) is 43.3 Å². The van der Waals surface area contributed by atoms with Crippen molar-refractivity contribution in [3.8, 4) is 0 Å². The SMILES string of the molecule is C[C@@H](NC(=O)c1cc(=O)[nH]c2ccccc12)c1ccccn1. The van der Waals surface area contributed by atoms with Crippen LogP contribution in [-0.4, -0.2) is 15.9 Å². The minimum Gasteiger partial charge on any atom is -0.344 e. The number of hydrogen-bond acceptors (Lipinski definition) is 3. The van der Waals surface area contributed by atoms with E-state index in [1.165, 1.54) is 6.07 Å². The van der Waals surface area contributed by atoms with Crippen LogP contribution in [0, 0.1) is 0 Å². The average molecular weight is 293 g/mol. The number of amides is 1. The first-order valence-corrected chi connectivity index (χ1v) is 6.99. The van der Waals surface area contributed by atoms with Gasteiger partial charge in [-0.05, 0) is 25.1 Å². The third kappa shape index (κ3) is 2.74. The lowest BCUT2D eigenvalue weighted by Crippen LogP contribution is -2.28. The Hall–Kier alpha value is -2.95. The first-order valence-electron chi connectivity index (χ1n) is 6.99. The number of nitrogens with one attached hydrogen (secondary N) is 2. The molecular formula is C17H15N3O2. The molecule has 0 spiro atoms. The van der Waals surface area contributed by atoms with Crippen LogP contribution in [0.25, 0.3) is 10.9 Å². The van der Waals surface area contributed by atoms with Crippen LogP contribution in [0.3, 0.4) is 0 Å². The molecule has 3 rings (SSSR count). The van der Waals surface area contributed by atoms with Crippen LogP contribution in [-0.2, 0) is 0 Å². The molecular weight excluding hydrogens is 278 g/mol. The van der Waals surface area contributed by atoms with Crippen LogP contribution in [0.1, 0.15) is 29.0 Å². The highest BCUT2D eigenvalue weighted by atomic mass is 16.2. The van der Waals surface area contributed by atoms with Gasteiger partial charge >= 0.3 is 0 Å². The van der Waals surface area contributed by atoms with Crippen LogP contribution in [0.2, 0.25) is 0 Å². The van der Waals surface area contributed by atoms with E-state index in [2.05, 4.69) is 15.3 Å². The van der Waals surface area contributed by atoms with Crippen LogP contribution >= 0.6 is 0 Å². The van der Waals surface area contributed by atoms with Crippen molar-refractivity contribution in [3.05, 3.63) is 76.3 Å². The molecule has 0 bridgehead atoms. The molecule has 5 heteroatoms. The van der Waals surface area contributed by atoms with E-state index < -0.39 is 0 Å². The lowest BCUT2D eigenvalue weighted by atomic mass is 10.1. The molecule has 1 aromatic carbocycles. The topological polar surface area (TPSA) is 74.8 Å². The van der Waals surface area contributed by atoms with Crippen molar-refractivity contribution in [3.63, 3.8) is 0 Å². The normalized spacial score (nSPS) is 12.0. The predicted molar refractivity (Wildman–Crippen MR) is 84.7 cm³/mol. The molecule has 110 valence electrons. The number of aromatic amines is 1. The summed E-state index contributed by atoms with van der Waals surface area (Å²) in [6.45, 7) is 1.86. The third-order valence-corrected chi connectivity index (χ3v) is 3.47. The second kappa shape index (κ2) is 5.81. The van der Waals surface area contributed by atoms with Crippen molar-refractivity contribution in [2.45, 2.75) is 13.0 Å². The molecule has 0 aliphatic rings. The molecule has 2 aromatic heterocycles. The Morgan fingerprint density at radius 3 is 2.73 bits per heavy atom. The van der Waals surface area contributed by atoms with Crippen molar-refractivity contribution in [2.24, 2.45) is 0 Å². The van der Waals surface area contributed by atoms with Crippen molar-refractivity contribution in [1.82, 2.24) is 15.3 Å². The number of para-hydroxylation sites is 1. The Morgan fingerprint density at radius 1 is 1.18 bits per heavy atom. The molecule has 2 N–H and O–H groups in total. The van der Waals surface area contributed by atoms with E-state index in [-0.39, 0.29) is 17.5 Å². The summed E-state index contributed by atoms with van der Waals surface area (Å²) < 4.78 is 0. The molecule has 2 heterocycles. The van der Waals surface area contributed by atoms with Gasteiger partial charge in [-0.2, -0.15) is 0 Å². The lowest BCUT2D eigenvalue weighted by molar-refractivity contribution is 0.0940. The smallest absolute Gasteiger partial charge is 0.252 e. The Labute approximate surface area is 127 Å². The van der Waals surface area contributed by atoms with Crippen LogP contribution < -0.4 is 10.9 Å². The number of aromatic nitrogens is 2. The zero-order valence-electron chi connectivity index (χ0n) is 12.0. The van der Waals surface area contributed by atoms with E-state index in [1.54, 1.807) is 12.3 Å². The standard InChI is InChI=1S/C17H15N3O2/c1-11(14-7-4-5-9-18-14)19-17(22)13-10-16(21)20-15-8-3-2-6-12(13)15/h2-11H,1H3,(H,19,22)(H,20,21)/t11-/m1/s1. The summed E-state index contributed by atoms with van der Waals surface area (Å²) in [6.07, 6.45) is 1.68. The molecule has 0 saturated heterocycles. The summed E-state index contributed by atoms with van der Waals surface area (Å²) in [5, 5.41) is 3.59. The van der Waals surface area contributed by atoms with Gasteiger partial charge in [-0.1, -0.05) is 24.3 Å².